The van der Waals surface area contributed by atoms with Crippen LogP contribution < -0.4 is 0 Å². The predicted octanol–water partition coefficient (Wildman–Crippen LogP) is 1.56. The monoisotopic (exact) mass is 387 g/mol. The van der Waals surface area contributed by atoms with Crippen LogP contribution in [0.15, 0.2) is 16.3 Å². The fourth-order valence-corrected chi connectivity index (χ4v) is 5.23. The highest BCUT2D eigenvalue weighted by Gasteiger charge is 2.43. The van der Waals surface area contributed by atoms with Gasteiger partial charge in [0.1, 0.15) is 9.09 Å². The van der Waals surface area contributed by atoms with E-state index in [0.29, 0.717) is 6.07 Å². The molecule has 0 bridgehead atoms. The summed E-state index contributed by atoms with van der Waals surface area (Å²) in [5.74, 6) is -5.53. The van der Waals surface area contributed by atoms with Gasteiger partial charge in [-0.3, -0.25) is 9.59 Å². The molecule has 12 heteroatoms. The largest absolute Gasteiger partial charge is 0.481 e. The lowest BCUT2D eigenvalue weighted by atomic mass is 9.86. The Kier molecular flexibility index (Phi) is 4.93. The molecular weight excluding hydrogens is 375 g/mol. The first-order valence-corrected chi connectivity index (χ1v) is 8.83. The number of hydrogen-bond acceptors (Lipinski definition) is 5. The number of rotatable bonds is 4. The number of hydrogen-bond donors (Lipinski definition) is 2. The Labute approximate surface area is 138 Å². The Morgan fingerprint density at radius 3 is 2.21 bits per heavy atom. The number of carboxylic acids is 2. The van der Waals surface area contributed by atoms with Crippen molar-refractivity contribution in [3.8, 4) is 0 Å². The zero-order valence-electron chi connectivity index (χ0n) is 11.9. The van der Waals surface area contributed by atoms with Crippen LogP contribution in [0, 0.1) is 11.8 Å². The van der Waals surface area contributed by atoms with Crippen LogP contribution in [0.1, 0.15) is 11.3 Å². The van der Waals surface area contributed by atoms with Crippen molar-refractivity contribution in [3.05, 3.63) is 17.0 Å². The average Bonchev–Trinajstić information content (AvgIpc) is 2.97. The van der Waals surface area contributed by atoms with Gasteiger partial charge >= 0.3 is 18.1 Å². The highest BCUT2D eigenvalue weighted by Crippen LogP contribution is 2.38. The van der Waals surface area contributed by atoms with Crippen molar-refractivity contribution in [3.63, 3.8) is 0 Å². The molecule has 0 amide bonds. The van der Waals surface area contributed by atoms with Crippen molar-refractivity contribution >= 4 is 33.3 Å². The molecule has 7 nitrogen and oxygen atoms in total. The number of aliphatic carboxylic acids is 2. The summed E-state index contributed by atoms with van der Waals surface area (Å²) in [6.07, 6.45) is -4.92. The minimum atomic E-state index is -4.68. The molecule has 0 aromatic carbocycles. The van der Waals surface area contributed by atoms with Gasteiger partial charge in [-0.1, -0.05) is 0 Å². The molecule has 2 unspecified atom stereocenters. The molecule has 2 N–H and O–H groups in total. The number of piperidine rings is 1. The van der Waals surface area contributed by atoms with Gasteiger partial charge in [0, 0.05) is 13.1 Å². The Hall–Kier alpha value is -1.66. The number of alkyl halides is 3. The highest BCUT2D eigenvalue weighted by molar-refractivity contribution is 7.91. The molecule has 2 atom stereocenters. The summed E-state index contributed by atoms with van der Waals surface area (Å²) in [6.45, 7) is -0.879. The zero-order valence-corrected chi connectivity index (χ0v) is 13.5. The summed E-state index contributed by atoms with van der Waals surface area (Å²) in [5, 5.41) is 18.1. The maximum Gasteiger partial charge on any atom is 0.425 e. The van der Waals surface area contributed by atoms with Gasteiger partial charge in [0.25, 0.3) is 10.0 Å². The van der Waals surface area contributed by atoms with E-state index < -0.39 is 55.6 Å². The smallest absolute Gasteiger partial charge is 0.425 e. The normalized spacial score (nSPS) is 23.1. The summed E-state index contributed by atoms with van der Waals surface area (Å²) in [4.78, 5) is 21.2. The molecular formula is C12H12F3NO6S2. The first-order chi connectivity index (χ1) is 10.9. The van der Waals surface area contributed by atoms with E-state index in [4.69, 9.17) is 10.2 Å². The predicted molar refractivity (Wildman–Crippen MR) is 74.9 cm³/mol. The quantitative estimate of drug-likeness (QED) is 0.811. The molecule has 1 saturated heterocycles. The SMILES string of the molecule is O=C(O)C1CCN(S(=O)(=O)c2ccc(C(F)(F)F)s2)CC1C(=O)O. The number of halogens is 3. The number of nitrogens with zero attached hydrogens (tertiary/aromatic N) is 1. The topological polar surface area (TPSA) is 112 Å². The Morgan fingerprint density at radius 2 is 1.75 bits per heavy atom. The summed E-state index contributed by atoms with van der Waals surface area (Å²) < 4.78 is 62.8. The van der Waals surface area contributed by atoms with Gasteiger partial charge < -0.3 is 10.2 Å². The molecule has 1 fully saturated rings. The van der Waals surface area contributed by atoms with Crippen molar-refractivity contribution in [2.24, 2.45) is 11.8 Å². The van der Waals surface area contributed by atoms with Gasteiger partial charge in [-0.05, 0) is 18.6 Å². The van der Waals surface area contributed by atoms with E-state index >= 15 is 0 Å². The third kappa shape index (κ3) is 3.54. The van der Waals surface area contributed by atoms with Crippen LogP contribution in [0.3, 0.4) is 0 Å². The van der Waals surface area contributed by atoms with Gasteiger partial charge in [-0.15, -0.1) is 11.3 Å². The molecule has 1 aromatic heterocycles. The lowest BCUT2D eigenvalue weighted by Gasteiger charge is -2.33. The van der Waals surface area contributed by atoms with Gasteiger partial charge in [0.05, 0.1) is 11.8 Å². The second-order valence-corrected chi connectivity index (χ2v) is 8.41. The van der Waals surface area contributed by atoms with Gasteiger partial charge in [0.2, 0.25) is 0 Å². The van der Waals surface area contributed by atoms with Crippen molar-refractivity contribution in [1.29, 1.82) is 0 Å². The molecule has 1 aromatic rings. The molecule has 2 heterocycles. The van der Waals surface area contributed by atoms with Crippen LogP contribution in [0.5, 0.6) is 0 Å². The number of thiophene rings is 1. The van der Waals surface area contributed by atoms with Crippen molar-refractivity contribution in [2.45, 2.75) is 16.8 Å². The Morgan fingerprint density at radius 1 is 1.17 bits per heavy atom. The second kappa shape index (κ2) is 6.33. The first-order valence-electron chi connectivity index (χ1n) is 6.57. The van der Waals surface area contributed by atoms with Crippen molar-refractivity contribution in [1.82, 2.24) is 4.31 Å². The minimum Gasteiger partial charge on any atom is -0.481 e. The average molecular weight is 387 g/mol. The third-order valence-corrected chi connectivity index (χ3v) is 7.13. The maximum absolute atomic E-state index is 12.6. The van der Waals surface area contributed by atoms with Gasteiger partial charge in [0.15, 0.2) is 0 Å². The Balaban J connectivity index is 2.29. The van der Waals surface area contributed by atoms with E-state index in [-0.39, 0.29) is 24.3 Å². The van der Waals surface area contributed by atoms with Crippen LogP contribution in [-0.4, -0.2) is 48.0 Å². The van der Waals surface area contributed by atoms with E-state index in [0.717, 1.165) is 10.4 Å². The van der Waals surface area contributed by atoms with E-state index in [1.807, 2.05) is 0 Å². The molecule has 24 heavy (non-hydrogen) atoms. The summed E-state index contributed by atoms with van der Waals surface area (Å²) in [5.41, 5.74) is 0. The maximum atomic E-state index is 12.6. The molecule has 0 radical (unpaired) electrons. The molecule has 0 aliphatic carbocycles. The van der Waals surface area contributed by atoms with Crippen LogP contribution in [-0.2, 0) is 25.8 Å². The summed E-state index contributed by atoms with van der Waals surface area (Å²) >= 11 is 0.0388. The third-order valence-electron chi connectivity index (χ3n) is 3.66. The first kappa shape index (κ1) is 18.7. The number of carboxylic acid groups (broad SMARTS) is 2. The minimum absolute atomic E-state index is 0.0388. The van der Waals surface area contributed by atoms with Crippen LogP contribution in [0.4, 0.5) is 13.2 Å². The standard InChI is InChI=1S/C12H12F3NO6S2/c13-12(14,15)8-1-2-9(23-8)24(21,22)16-4-3-6(10(17)18)7(5-16)11(19)20/h1-2,6-7H,3-5H2,(H,17,18)(H,19,20). The van der Waals surface area contributed by atoms with Crippen LogP contribution >= 0.6 is 11.3 Å². The van der Waals surface area contributed by atoms with E-state index in [9.17, 15) is 31.2 Å². The molecule has 2 rings (SSSR count). The number of sulfonamides is 1. The summed E-state index contributed by atoms with van der Waals surface area (Å²) in [7, 11) is -4.32. The Bertz CT molecular complexity index is 757. The summed E-state index contributed by atoms with van der Waals surface area (Å²) in [6, 6.07) is 1.44. The van der Waals surface area contributed by atoms with E-state index in [1.165, 1.54) is 0 Å². The fraction of sp³-hybridized carbons (Fsp3) is 0.500. The van der Waals surface area contributed by atoms with Crippen LogP contribution in [0.2, 0.25) is 0 Å². The van der Waals surface area contributed by atoms with Crippen LogP contribution in [0.25, 0.3) is 0 Å². The number of carbonyl (C=O) groups is 2. The second-order valence-electron chi connectivity index (χ2n) is 5.16. The zero-order chi connectivity index (χ0) is 18.3. The molecule has 1 aliphatic heterocycles. The molecule has 0 saturated carbocycles. The fourth-order valence-electron chi connectivity index (χ4n) is 2.42. The van der Waals surface area contributed by atoms with Crippen molar-refractivity contribution < 1.29 is 41.4 Å². The van der Waals surface area contributed by atoms with Gasteiger partial charge in [-0.25, -0.2) is 8.42 Å². The molecule has 0 spiro atoms. The lowest BCUT2D eigenvalue weighted by Crippen LogP contribution is -2.48. The molecule has 1 aliphatic rings. The highest BCUT2D eigenvalue weighted by atomic mass is 32.2. The van der Waals surface area contributed by atoms with Gasteiger partial charge in [-0.2, -0.15) is 17.5 Å². The lowest BCUT2D eigenvalue weighted by molar-refractivity contribution is -0.156. The van der Waals surface area contributed by atoms with E-state index in [1.54, 1.807) is 0 Å². The van der Waals surface area contributed by atoms with E-state index in [2.05, 4.69) is 0 Å². The van der Waals surface area contributed by atoms with Crippen molar-refractivity contribution in [2.75, 3.05) is 13.1 Å². The molecule has 134 valence electrons.